The summed E-state index contributed by atoms with van der Waals surface area (Å²) >= 11 is 0. The maximum Gasteiger partial charge on any atom is 0.303 e. The minimum absolute atomic E-state index is 0.00543. The Kier molecular flexibility index (Phi) is 10.3. The maximum absolute atomic E-state index is 12.1. The van der Waals surface area contributed by atoms with Crippen LogP contribution in [-0.4, -0.2) is 39.3 Å². The van der Waals surface area contributed by atoms with Crippen LogP contribution in [0.3, 0.4) is 0 Å². The van der Waals surface area contributed by atoms with Crippen LogP contribution in [0, 0.1) is 11.8 Å². The molecule has 3 N–H and O–H groups in total. The zero-order valence-corrected chi connectivity index (χ0v) is 15.1. The van der Waals surface area contributed by atoms with Gasteiger partial charge in [-0.3, -0.25) is 9.59 Å². The highest BCUT2D eigenvalue weighted by molar-refractivity contribution is 5.86. The summed E-state index contributed by atoms with van der Waals surface area (Å²) in [7, 11) is 0. The van der Waals surface area contributed by atoms with E-state index in [0.717, 1.165) is 12.8 Å². The number of hydrogen-bond acceptors (Lipinski definition) is 4. The first-order valence-corrected chi connectivity index (χ1v) is 9.39. The second-order valence-electron chi connectivity index (χ2n) is 6.87. The smallest absolute Gasteiger partial charge is 0.303 e. The van der Waals surface area contributed by atoms with E-state index in [4.69, 9.17) is 5.11 Å². The van der Waals surface area contributed by atoms with E-state index in [0.29, 0.717) is 19.3 Å². The lowest BCUT2D eigenvalue weighted by atomic mass is 9.90. The highest BCUT2D eigenvalue weighted by Gasteiger charge is 2.39. The van der Waals surface area contributed by atoms with Crippen molar-refractivity contribution in [2.75, 3.05) is 0 Å². The molecule has 0 unspecified atom stereocenters. The number of allylic oxidation sites excluding steroid dienone is 3. The molecule has 1 fully saturated rings. The first-order chi connectivity index (χ1) is 12.0. The molecule has 142 valence electrons. The number of aliphatic carboxylic acids is 1. The number of carbonyl (C=O) groups excluding carboxylic acids is 1. The molecule has 1 rings (SSSR count). The van der Waals surface area contributed by atoms with Crippen molar-refractivity contribution in [1.29, 1.82) is 0 Å². The second-order valence-corrected chi connectivity index (χ2v) is 6.87. The van der Waals surface area contributed by atoms with Crippen LogP contribution in [0.15, 0.2) is 24.3 Å². The van der Waals surface area contributed by atoms with Crippen LogP contribution in [0.1, 0.15) is 64.7 Å². The number of ketones is 1. The number of aliphatic hydroxyl groups excluding tert-OH is 2. The van der Waals surface area contributed by atoms with Gasteiger partial charge in [0.2, 0.25) is 0 Å². The van der Waals surface area contributed by atoms with E-state index in [1.165, 1.54) is 12.8 Å². The van der Waals surface area contributed by atoms with Crippen LogP contribution in [0.2, 0.25) is 0 Å². The summed E-state index contributed by atoms with van der Waals surface area (Å²) in [5, 5.41) is 28.6. The first kappa shape index (κ1) is 21.6. The van der Waals surface area contributed by atoms with Gasteiger partial charge in [-0.25, -0.2) is 0 Å². The number of carbonyl (C=O) groups is 2. The third-order valence-electron chi connectivity index (χ3n) is 4.72. The Hall–Kier alpha value is -1.46. The fourth-order valence-corrected chi connectivity index (χ4v) is 3.22. The van der Waals surface area contributed by atoms with Gasteiger partial charge in [0.1, 0.15) is 5.78 Å². The number of carboxylic acid groups (broad SMARTS) is 1. The molecule has 0 amide bonds. The summed E-state index contributed by atoms with van der Waals surface area (Å²) in [6.07, 6.45) is 12.2. The lowest BCUT2D eigenvalue weighted by Gasteiger charge is -2.17. The van der Waals surface area contributed by atoms with Crippen LogP contribution < -0.4 is 0 Å². The van der Waals surface area contributed by atoms with Crippen LogP contribution >= 0.6 is 0 Å². The molecule has 0 aromatic rings. The van der Waals surface area contributed by atoms with E-state index in [2.05, 4.69) is 13.0 Å². The predicted octanol–water partition coefficient (Wildman–Crippen LogP) is 3.25. The van der Waals surface area contributed by atoms with Gasteiger partial charge < -0.3 is 15.3 Å². The lowest BCUT2D eigenvalue weighted by Crippen LogP contribution is -2.19. The molecule has 0 aromatic heterocycles. The van der Waals surface area contributed by atoms with Crippen LogP contribution in [0.25, 0.3) is 0 Å². The topological polar surface area (TPSA) is 94.8 Å². The highest BCUT2D eigenvalue weighted by Crippen LogP contribution is 2.33. The molecule has 5 nitrogen and oxygen atoms in total. The largest absolute Gasteiger partial charge is 0.481 e. The maximum atomic E-state index is 12.1. The quantitative estimate of drug-likeness (QED) is 0.370. The zero-order valence-electron chi connectivity index (χ0n) is 15.1. The Balaban J connectivity index is 2.49. The van der Waals surface area contributed by atoms with Gasteiger partial charge in [-0.15, -0.1) is 0 Å². The Morgan fingerprint density at radius 1 is 1.28 bits per heavy atom. The summed E-state index contributed by atoms with van der Waals surface area (Å²) in [6, 6.07) is 0. The van der Waals surface area contributed by atoms with Crippen molar-refractivity contribution in [2.24, 2.45) is 11.8 Å². The van der Waals surface area contributed by atoms with Crippen molar-refractivity contribution in [1.82, 2.24) is 0 Å². The third kappa shape index (κ3) is 8.45. The van der Waals surface area contributed by atoms with Crippen LogP contribution in [-0.2, 0) is 9.59 Å². The van der Waals surface area contributed by atoms with Crippen LogP contribution in [0.5, 0.6) is 0 Å². The molecule has 4 atom stereocenters. The zero-order chi connectivity index (χ0) is 18.7. The Bertz CT molecular complexity index is 469. The molecule has 0 aliphatic heterocycles. The predicted molar refractivity (Wildman–Crippen MR) is 97.1 cm³/mol. The first-order valence-electron chi connectivity index (χ1n) is 9.39. The van der Waals surface area contributed by atoms with Gasteiger partial charge in [-0.1, -0.05) is 44.1 Å². The van der Waals surface area contributed by atoms with Gasteiger partial charge in [0, 0.05) is 24.7 Å². The number of hydrogen-bond donors (Lipinski definition) is 3. The van der Waals surface area contributed by atoms with Crippen molar-refractivity contribution in [3.63, 3.8) is 0 Å². The molecular weight excluding hydrogens is 320 g/mol. The van der Waals surface area contributed by atoms with E-state index in [-0.39, 0.29) is 30.5 Å². The molecule has 25 heavy (non-hydrogen) atoms. The molecule has 0 spiro atoms. The number of rotatable bonds is 12. The molecule has 1 aliphatic rings. The van der Waals surface area contributed by atoms with Gasteiger partial charge in [0.25, 0.3) is 0 Å². The molecule has 1 saturated carbocycles. The molecular formula is C20H32O5. The van der Waals surface area contributed by atoms with Gasteiger partial charge in [0.05, 0.1) is 12.2 Å². The van der Waals surface area contributed by atoms with Crippen LogP contribution in [0.4, 0.5) is 0 Å². The second kappa shape index (κ2) is 12.0. The number of unbranched alkanes of at least 4 members (excludes halogenated alkanes) is 3. The number of carboxylic acids is 1. The minimum atomic E-state index is -0.879. The van der Waals surface area contributed by atoms with E-state index < -0.39 is 18.2 Å². The average Bonchev–Trinajstić information content (AvgIpc) is 2.81. The summed E-state index contributed by atoms with van der Waals surface area (Å²) in [5.74, 6) is -1.39. The van der Waals surface area contributed by atoms with Gasteiger partial charge in [-0.05, 0) is 32.1 Å². The Labute approximate surface area is 150 Å². The molecule has 1 aliphatic carbocycles. The monoisotopic (exact) mass is 352 g/mol. The summed E-state index contributed by atoms with van der Waals surface area (Å²) in [5.41, 5.74) is 0. The number of Topliss-reactive ketones (excluding diaryl/α,β-unsaturated/α-hetero) is 1. The minimum Gasteiger partial charge on any atom is -0.481 e. The van der Waals surface area contributed by atoms with Crippen molar-refractivity contribution in [2.45, 2.75) is 76.9 Å². The fourth-order valence-electron chi connectivity index (χ4n) is 3.22. The normalized spacial score (nSPS) is 25.2. The molecule has 5 heteroatoms. The third-order valence-corrected chi connectivity index (χ3v) is 4.72. The summed E-state index contributed by atoms with van der Waals surface area (Å²) < 4.78 is 0. The van der Waals surface area contributed by atoms with Gasteiger partial charge >= 0.3 is 5.97 Å². The van der Waals surface area contributed by atoms with Gasteiger partial charge in [0.15, 0.2) is 0 Å². The summed E-state index contributed by atoms with van der Waals surface area (Å²) in [4.78, 5) is 22.6. The number of aliphatic hydroxyl groups is 2. The standard InChI is InChI=1S/C20H32O5/c1-2-3-4-5-6-7-10-16-17(19(23)14-18(16)22)13-12-15(21)9-8-11-20(24)25/h6-7,12-13,15-18,21-22H,2-5,8-11,14H2,1H3,(H,24,25)/b7-6-,13-12+/t15-,16-,17-,18+/m0/s1. The van der Waals surface area contributed by atoms with Gasteiger partial charge in [-0.2, -0.15) is 0 Å². The molecule has 0 radical (unpaired) electrons. The molecule has 0 aromatic carbocycles. The fraction of sp³-hybridized carbons (Fsp3) is 0.700. The van der Waals surface area contributed by atoms with Crippen molar-refractivity contribution in [3.05, 3.63) is 24.3 Å². The highest BCUT2D eigenvalue weighted by atomic mass is 16.4. The van der Waals surface area contributed by atoms with E-state index in [9.17, 15) is 19.8 Å². The SMILES string of the molecule is CCCCC/C=C\C[C@@H]1[C@H](O)CC(=O)[C@H]1/C=C/[C@@H](O)CCCC(=O)O. The van der Waals surface area contributed by atoms with Crippen molar-refractivity contribution >= 4 is 11.8 Å². The molecule has 0 saturated heterocycles. The average molecular weight is 352 g/mol. The van der Waals surface area contributed by atoms with Crippen molar-refractivity contribution < 1.29 is 24.9 Å². The van der Waals surface area contributed by atoms with E-state index >= 15 is 0 Å². The summed E-state index contributed by atoms with van der Waals surface area (Å²) in [6.45, 7) is 2.16. The molecule has 0 heterocycles. The Morgan fingerprint density at radius 2 is 2.04 bits per heavy atom. The molecule has 0 bridgehead atoms. The van der Waals surface area contributed by atoms with Crippen molar-refractivity contribution in [3.8, 4) is 0 Å². The van der Waals surface area contributed by atoms with E-state index in [1.54, 1.807) is 12.2 Å². The lowest BCUT2D eigenvalue weighted by molar-refractivity contribution is -0.137. The Morgan fingerprint density at radius 3 is 2.72 bits per heavy atom. The van der Waals surface area contributed by atoms with E-state index in [1.807, 2.05) is 6.08 Å².